The van der Waals surface area contributed by atoms with Gasteiger partial charge >= 0.3 is 0 Å². The average molecular weight is 464 g/mol. The van der Waals surface area contributed by atoms with Gasteiger partial charge in [-0.1, -0.05) is 18.2 Å². The van der Waals surface area contributed by atoms with Gasteiger partial charge in [-0.3, -0.25) is 19.6 Å². The number of aromatic nitrogens is 5. The lowest BCUT2D eigenvalue weighted by Crippen LogP contribution is -2.30. The highest BCUT2D eigenvalue weighted by Crippen LogP contribution is 2.28. The van der Waals surface area contributed by atoms with Gasteiger partial charge in [0.2, 0.25) is 5.91 Å². The number of carbonyl (C=O) groups is 2. The maximum absolute atomic E-state index is 13.4. The number of pyridine rings is 2. The first-order valence-electron chi connectivity index (χ1n) is 11.2. The average Bonchev–Trinajstić information content (AvgIpc) is 3.22. The number of carbonyl (C=O) groups excluding carboxylic acids is 2. The topological polar surface area (TPSA) is 112 Å². The van der Waals surface area contributed by atoms with Crippen LogP contribution in [0.3, 0.4) is 0 Å². The molecule has 5 heterocycles. The summed E-state index contributed by atoms with van der Waals surface area (Å²) >= 11 is 0. The minimum atomic E-state index is -0.215. The van der Waals surface area contributed by atoms with E-state index in [9.17, 15) is 9.59 Å². The van der Waals surface area contributed by atoms with Crippen molar-refractivity contribution in [2.45, 2.75) is 12.5 Å². The van der Waals surface area contributed by atoms with E-state index in [1.54, 1.807) is 24.7 Å². The Hall–Kier alpha value is -4.50. The fraction of sp³-hybridized carbons (Fsp3) is 0.154. The van der Waals surface area contributed by atoms with Gasteiger partial charge in [0.15, 0.2) is 5.78 Å². The first kappa shape index (κ1) is 21.1. The number of hydrogen-bond acceptors (Lipinski definition) is 7. The van der Waals surface area contributed by atoms with E-state index in [4.69, 9.17) is 4.74 Å². The minimum Gasteiger partial charge on any atom is -0.377 e. The van der Waals surface area contributed by atoms with E-state index in [1.165, 1.54) is 18.7 Å². The Bertz CT molecular complexity index is 1590. The number of amides is 1. The standard InChI is InChI=1S/C26H20N6O3/c33-24(7-16-3-4-17-2-1-5-29-23(17)6-16)31-19-8-18(9-27-10-19)25(34)22-12-32(20-13-35-14-20)26-21(22)11-28-15-30-26/h1-6,8-12,15,20H,7,13-14H2,(H,31,33). The molecule has 1 aromatic carbocycles. The van der Waals surface area contributed by atoms with E-state index in [2.05, 4.69) is 25.3 Å². The summed E-state index contributed by atoms with van der Waals surface area (Å²) < 4.78 is 7.27. The fourth-order valence-corrected chi connectivity index (χ4v) is 4.23. The second-order valence-corrected chi connectivity index (χ2v) is 8.45. The number of nitrogens with one attached hydrogen (secondary N) is 1. The summed E-state index contributed by atoms with van der Waals surface area (Å²) in [5.74, 6) is -0.422. The van der Waals surface area contributed by atoms with E-state index in [1.807, 2.05) is 34.9 Å². The molecular weight excluding hydrogens is 444 g/mol. The summed E-state index contributed by atoms with van der Waals surface area (Å²) in [7, 11) is 0. The number of ketones is 1. The van der Waals surface area contributed by atoms with E-state index in [-0.39, 0.29) is 24.2 Å². The highest BCUT2D eigenvalue weighted by atomic mass is 16.5. The van der Waals surface area contributed by atoms with E-state index in [0.717, 1.165) is 16.5 Å². The Balaban J connectivity index is 1.22. The maximum atomic E-state index is 13.4. The van der Waals surface area contributed by atoms with Crippen molar-refractivity contribution in [3.63, 3.8) is 0 Å². The van der Waals surface area contributed by atoms with Crippen molar-refractivity contribution in [3.8, 4) is 0 Å². The highest BCUT2D eigenvalue weighted by molar-refractivity contribution is 6.16. The first-order chi connectivity index (χ1) is 17.2. The van der Waals surface area contributed by atoms with Gasteiger partial charge in [-0.2, -0.15) is 0 Å². The summed E-state index contributed by atoms with van der Waals surface area (Å²) in [5.41, 5.74) is 3.68. The van der Waals surface area contributed by atoms with Crippen LogP contribution in [0.2, 0.25) is 0 Å². The van der Waals surface area contributed by atoms with Crippen LogP contribution < -0.4 is 5.32 Å². The van der Waals surface area contributed by atoms with Crippen molar-refractivity contribution < 1.29 is 14.3 Å². The molecule has 1 N–H and O–H groups in total. The van der Waals surface area contributed by atoms with Crippen molar-refractivity contribution in [1.29, 1.82) is 0 Å². The van der Waals surface area contributed by atoms with Crippen LogP contribution >= 0.6 is 0 Å². The molecule has 6 rings (SSSR count). The van der Waals surface area contributed by atoms with E-state index >= 15 is 0 Å². The summed E-state index contributed by atoms with van der Waals surface area (Å²) in [5, 5.41) is 4.53. The van der Waals surface area contributed by atoms with Crippen molar-refractivity contribution in [2.24, 2.45) is 0 Å². The minimum absolute atomic E-state index is 0.142. The Kier molecular flexibility index (Phi) is 5.23. The zero-order chi connectivity index (χ0) is 23.8. The third-order valence-corrected chi connectivity index (χ3v) is 6.07. The number of anilines is 1. The van der Waals surface area contributed by atoms with Crippen LogP contribution in [-0.2, 0) is 16.0 Å². The molecule has 4 aromatic heterocycles. The normalized spacial score (nSPS) is 13.6. The molecule has 0 bridgehead atoms. The molecule has 1 aliphatic heterocycles. The summed E-state index contributed by atoms with van der Waals surface area (Å²) in [6, 6.07) is 11.4. The van der Waals surface area contributed by atoms with Gasteiger partial charge in [0.05, 0.1) is 48.6 Å². The quantitative estimate of drug-likeness (QED) is 0.384. The lowest BCUT2D eigenvalue weighted by Gasteiger charge is -2.27. The van der Waals surface area contributed by atoms with Crippen LogP contribution in [0.15, 0.2) is 73.7 Å². The number of hydrogen-bond donors (Lipinski definition) is 1. The Morgan fingerprint density at radius 2 is 1.97 bits per heavy atom. The predicted molar refractivity (Wildman–Crippen MR) is 129 cm³/mol. The molecule has 0 unspecified atom stereocenters. The van der Waals surface area contributed by atoms with Crippen LogP contribution in [0.5, 0.6) is 0 Å². The molecule has 9 nitrogen and oxygen atoms in total. The van der Waals surface area contributed by atoms with Crippen LogP contribution in [0.4, 0.5) is 5.69 Å². The third kappa shape index (κ3) is 4.02. The molecule has 0 atom stereocenters. The largest absolute Gasteiger partial charge is 0.377 e. The molecule has 35 heavy (non-hydrogen) atoms. The second-order valence-electron chi connectivity index (χ2n) is 8.45. The van der Waals surface area contributed by atoms with Crippen molar-refractivity contribution in [1.82, 2.24) is 24.5 Å². The third-order valence-electron chi connectivity index (χ3n) is 6.07. The lowest BCUT2D eigenvalue weighted by atomic mass is 10.1. The molecule has 1 aliphatic rings. The van der Waals surface area contributed by atoms with Gasteiger partial charge in [0.1, 0.15) is 12.0 Å². The van der Waals surface area contributed by atoms with Crippen molar-refractivity contribution in [3.05, 3.63) is 90.4 Å². The molecule has 0 saturated carbocycles. The van der Waals surface area contributed by atoms with Gasteiger partial charge in [-0.15, -0.1) is 0 Å². The van der Waals surface area contributed by atoms with Gasteiger partial charge in [0, 0.05) is 41.1 Å². The van der Waals surface area contributed by atoms with Crippen LogP contribution in [0.25, 0.3) is 21.9 Å². The second kappa shape index (κ2) is 8.69. The molecule has 1 saturated heterocycles. The van der Waals surface area contributed by atoms with Crippen LogP contribution in [-0.4, -0.2) is 49.4 Å². The molecule has 0 spiro atoms. The Labute approximate surface area is 199 Å². The van der Waals surface area contributed by atoms with Gasteiger partial charge in [-0.25, -0.2) is 9.97 Å². The number of fused-ring (bicyclic) bond motifs is 2. The predicted octanol–water partition coefficient (Wildman–Crippen LogP) is 3.36. The monoisotopic (exact) mass is 464 g/mol. The van der Waals surface area contributed by atoms with E-state index < -0.39 is 0 Å². The molecule has 1 fully saturated rings. The van der Waals surface area contributed by atoms with Gasteiger partial charge in [0.25, 0.3) is 0 Å². The first-order valence-corrected chi connectivity index (χ1v) is 11.2. The van der Waals surface area contributed by atoms with Crippen LogP contribution in [0, 0.1) is 0 Å². The number of ether oxygens (including phenoxy) is 1. The zero-order valence-electron chi connectivity index (χ0n) is 18.6. The summed E-state index contributed by atoms with van der Waals surface area (Å²) in [4.78, 5) is 43.1. The van der Waals surface area contributed by atoms with Crippen LogP contribution in [0.1, 0.15) is 27.5 Å². The fourth-order valence-electron chi connectivity index (χ4n) is 4.23. The zero-order valence-corrected chi connectivity index (χ0v) is 18.6. The van der Waals surface area contributed by atoms with E-state index in [0.29, 0.717) is 41.1 Å². The SMILES string of the molecule is O=C(Cc1ccc2cccnc2c1)Nc1cncc(C(=O)c2cn(C3COC3)c3ncncc23)c1. The van der Waals surface area contributed by atoms with Crippen molar-refractivity contribution in [2.75, 3.05) is 18.5 Å². The van der Waals surface area contributed by atoms with Gasteiger partial charge < -0.3 is 14.6 Å². The maximum Gasteiger partial charge on any atom is 0.228 e. The lowest BCUT2D eigenvalue weighted by molar-refractivity contribution is -0.115. The highest BCUT2D eigenvalue weighted by Gasteiger charge is 2.26. The summed E-state index contributed by atoms with van der Waals surface area (Å²) in [6.07, 6.45) is 9.83. The molecular formula is C26H20N6O3. The Morgan fingerprint density at radius 3 is 2.83 bits per heavy atom. The number of rotatable bonds is 6. The molecule has 0 aliphatic carbocycles. The van der Waals surface area contributed by atoms with Crippen molar-refractivity contribution >= 4 is 39.3 Å². The smallest absolute Gasteiger partial charge is 0.228 e. The Morgan fingerprint density at radius 1 is 1.06 bits per heavy atom. The van der Waals surface area contributed by atoms with Gasteiger partial charge in [-0.05, 0) is 23.8 Å². The summed E-state index contributed by atoms with van der Waals surface area (Å²) in [6.45, 7) is 1.16. The molecule has 1 amide bonds. The number of nitrogens with zero attached hydrogens (tertiary/aromatic N) is 5. The molecule has 0 radical (unpaired) electrons. The number of benzene rings is 1. The molecule has 172 valence electrons. The molecule has 5 aromatic rings. The molecule has 9 heteroatoms.